The van der Waals surface area contributed by atoms with Gasteiger partial charge in [-0.05, 0) is 6.92 Å². The molecule has 1 aromatic rings. The van der Waals surface area contributed by atoms with Gasteiger partial charge in [0.25, 0.3) is 0 Å². The van der Waals surface area contributed by atoms with Gasteiger partial charge in [-0.15, -0.1) is 0 Å². The van der Waals surface area contributed by atoms with Crippen LogP contribution in [0.4, 0.5) is 0 Å². The van der Waals surface area contributed by atoms with Crippen molar-refractivity contribution in [1.29, 1.82) is 0 Å². The fraction of sp³-hybridized carbons (Fsp3) is 0.700. The zero-order valence-electron chi connectivity index (χ0n) is 10.4. The Labute approximate surface area is 106 Å². The van der Waals surface area contributed by atoms with E-state index in [0.717, 1.165) is 0 Å². The van der Waals surface area contributed by atoms with Gasteiger partial charge in [0.2, 0.25) is 10.0 Å². The van der Waals surface area contributed by atoms with Crippen molar-refractivity contribution >= 4 is 10.0 Å². The lowest BCUT2D eigenvalue weighted by Crippen LogP contribution is -2.50. The molecule has 0 aliphatic carbocycles. The van der Waals surface area contributed by atoms with Gasteiger partial charge in [0.05, 0.1) is 25.0 Å². The minimum Gasteiger partial charge on any atom is -0.394 e. The first-order chi connectivity index (χ1) is 8.43. The van der Waals surface area contributed by atoms with Crippen LogP contribution in [0.5, 0.6) is 0 Å². The second-order valence-electron chi connectivity index (χ2n) is 4.42. The molecular weight excluding hydrogens is 258 g/mol. The largest absolute Gasteiger partial charge is 0.394 e. The molecule has 102 valence electrons. The molecule has 0 bridgehead atoms. The molecule has 1 aliphatic heterocycles. The highest BCUT2D eigenvalue weighted by atomic mass is 32.2. The molecule has 1 aliphatic rings. The first-order valence-electron chi connectivity index (χ1n) is 5.68. The van der Waals surface area contributed by atoms with Gasteiger partial charge >= 0.3 is 0 Å². The number of aryl methyl sites for hydroxylation is 1. The summed E-state index contributed by atoms with van der Waals surface area (Å²) in [6.45, 7) is 2.04. The van der Waals surface area contributed by atoms with Crippen LogP contribution in [0.15, 0.2) is 17.3 Å². The smallest absolute Gasteiger partial charge is 0.246 e. The van der Waals surface area contributed by atoms with Crippen LogP contribution in [0, 0.1) is 0 Å². The molecule has 2 rings (SSSR count). The molecule has 0 saturated carbocycles. The van der Waals surface area contributed by atoms with E-state index >= 15 is 0 Å². The van der Waals surface area contributed by atoms with E-state index in [2.05, 4.69) is 5.10 Å². The fourth-order valence-corrected chi connectivity index (χ4v) is 3.51. The molecular formula is C10H17N3O4S. The van der Waals surface area contributed by atoms with Crippen molar-refractivity contribution in [3.05, 3.63) is 12.4 Å². The zero-order chi connectivity index (χ0) is 13.3. The lowest BCUT2D eigenvalue weighted by molar-refractivity contribution is -0.0750. The monoisotopic (exact) mass is 275 g/mol. The van der Waals surface area contributed by atoms with Gasteiger partial charge < -0.3 is 9.84 Å². The SMILES string of the molecule is CC1CN(S(=O)(=O)c2cnn(C)c2)CC(CO)O1. The van der Waals surface area contributed by atoms with Crippen molar-refractivity contribution in [2.75, 3.05) is 19.7 Å². The highest BCUT2D eigenvalue weighted by molar-refractivity contribution is 7.89. The van der Waals surface area contributed by atoms with Gasteiger partial charge in [-0.25, -0.2) is 8.42 Å². The number of aliphatic hydroxyl groups is 1. The average molecular weight is 275 g/mol. The maximum atomic E-state index is 12.3. The third kappa shape index (κ3) is 2.56. The van der Waals surface area contributed by atoms with Crippen LogP contribution in [-0.4, -0.2) is 59.5 Å². The quantitative estimate of drug-likeness (QED) is 0.780. The molecule has 0 aromatic carbocycles. The lowest BCUT2D eigenvalue weighted by Gasteiger charge is -2.34. The zero-order valence-corrected chi connectivity index (χ0v) is 11.2. The van der Waals surface area contributed by atoms with Crippen molar-refractivity contribution in [2.24, 2.45) is 7.05 Å². The van der Waals surface area contributed by atoms with E-state index in [0.29, 0.717) is 0 Å². The molecule has 2 unspecified atom stereocenters. The molecule has 1 aromatic heterocycles. The predicted octanol–water partition coefficient (Wildman–Crippen LogP) is -0.810. The van der Waals surface area contributed by atoms with E-state index in [9.17, 15) is 8.42 Å². The summed E-state index contributed by atoms with van der Waals surface area (Å²) in [5.74, 6) is 0. The third-order valence-corrected chi connectivity index (χ3v) is 4.60. The summed E-state index contributed by atoms with van der Waals surface area (Å²) in [4.78, 5) is 0.163. The summed E-state index contributed by atoms with van der Waals surface area (Å²) in [7, 11) is -1.89. The summed E-state index contributed by atoms with van der Waals surface area (Å²) in [6.07, 6.45) is 2.08. The predicted molar refractivity (Wildman–Crippen MR) is 63.4 cm³/mol. The van der Waals surface area contributed by atoms with E-state index in [1.165, 1.54) is 21.4 Å². The summed E-state index contributed by atoms with van der Waals surface area (Å²) in [5.41, 5.74) is 0. The third-order valence-electron chi connectivity index (χ3n) is 2.82. The van der Waals surface area contributed by atoms with Crippen LogP contribution in [0.3, 0.4) is 0 Å². The van der Waals surface area contributed by atoms with Gasteiger partial charge in [0.15, 0.2) is 0 Å². The van der Waals surface area contributed by atoms with Crippen LogP contribution >= 0.6 is 0 Å². The standard InChI is InChI=1S/C10H17N3O4S/c1-8-4-13(5-9(7-14)17-8)18(15,16)10-3-11-12(2)6-10/h3,6,8-9,14H,4-5,7H2,1-2H3. The number of morpholine rings is 1. The second kappa shape index (κ2) is 4.96. The number of hydrogen-bond donors (Lipinski definition) is 1. The molecule has 1 fully saturated rings. The van der Waals surface area contributed by atoms with Crippen molar-refractivity contribution in [2.45, 2.75) is 24.0 Å². The van der Waals surface area contributed by atoms with E-state index in [4.69, 9.17) is 9.84 Å². The van der Waals surface area contributed by atoms with Crippen LogP contribution < -0.4 is 0 Å². The van der Waals surface area contributed by atoms with Crippen LogP contribution in [-0.2, 0) is 21.8 Å². The second-order valence-corrected chi connectivity index (χ2v) is 6.36. The van der Waals surface area contributed by atoms with Gasteiger partial charge in [0, 0.05) is 26.3 Å². The molecule has 1 N–H and O–H groups in total. The van der Waals surface area contributed by atoms with E-state index in [1.807, 2.05) is 0 Å². The number of aromatic nitrogens is 2. The van der Waals surface area contributed by atoms with Gasteiger partial charge in [-0.3, -0.25) is 4.68 Å². The number of hydrogen-bond acceptors (Lipinski definition) is 5. The Hall–Kier alpha value is -0.960. The molecule has 18 heavy (non-hydrogen) atoms. The van der Waals surface area contributed by atoms with Gasteiger partial charge in [0.1, 0.15) is 4.90 Å². The number of rotatable bonds is 3. The van der Waals surface area contributed by atoms with E-state index < -0.39 is 16.1 Å². The highest BCUT2D eigenvalue weighted by Crippen LogP contribution is 2.20. The first-order valence-corrected chi connectivity index (χ1v) is 7.12. The average Bonchev–Trinajstić information content (AvgIpc) is 2.75. The van der Waals surface area contributed by atoms with Crippen molar-refractivity contribution < 1.29 is 18.3 Å². The summed E-state index contributed by atoms with van der Waals surface area (Å²) in [6, 6.07) is 0. The Kier molecular flexibility index (Phi) is 3.71. The summed E-state index contributed by atoms with van der Waals surface area (Å²) in [5, 5.41) is 13.0. The Balaban J connectivity index is 2.24. The Bertz CT molecular complexity index is 513. The minimum absolute atomic E-state index is 0.163. The maximum absolute atomic E-state index is 12.3. The summed E-state index contributed by atoms with van der Waals surface area (Å²) >= 11 is 0. The normalized spacial score (nSPS) is 26.4. The van der Waals surface area contributed by atoms with Crippen LogP contribution in [0.25, 0.3) is 0 Å². The van der Waals surface area contributed by atoms with Gasteiger partial charge in [-0.1, -0.05) is 0 Å². The van der Waals surface area contributed by atoms with E-state index in [1.54, 1.807) is 14.0 Å². The lowest BCUT2D eigenvalue weighted by atomic mass is 10.2. The molecule has 0 radical (unpaired) electrons. The first kappa shape index (κ1) is 13.5. The maximum Gasteiger partial charge on any atom is 0.246 e. The van der Waals surface area contributed by atoms with Crippen molar-refractivity contribution in [3.63, 3.8) is 0 Å². The number of ether oxygens (including phenoxy) is 1. The molecule has 2 atom stereocenters. The van der Waals surface area contributed by atoms with Crippen molar-refractivity contribution in [3.8, 4) is 0 Å². The highest BCUT2D eigenvalue weighted by Gasteiger charge is 2.34. The molecule has 8 heteroatoms. The van der Waals surface area contributed by atoms with Crippen LogP contribution in [0.2, 0.25) is 0 Å². The van der Waals surface area contributed by atoms with Gasteiger partial charge in [-0.2, -0.15) is 9.40 Å². The molecule has 0 amide bonds. The van der Waals surface area contributed by atoms with E-state index in [-0.39, 0.29) is 30.7 Å². The Morgan fingerprint density at radius 3 is 2.83 bits per heavy atom. The Morgan fingerprint density at radius 2 is 2.28 bits per heavy atom. The Morgan fingerprint density at radius 1 is 1.56 bits per heavy atom. The molecule has 1 saturated heterocycles. The number of aliphatic hydroxyl groups excluding tert-OH is 1. The summed E-state index contributed by atoms with van der Waals surface area (Å²) < 4.78 is 32.9. The van der Waals surface area contributed by atoms with Crippen LogP contribution in [0.1, 0.15) is 6.92 Å². The molecule has 0 spiro atoms. The number of sulfonamides is 1. The number of nitrogens with zero attached hydrogens (tertiary/aromatic N) is 3. The van der Waals surface area contributed by atoms with Crippen molar-refractivity contribution in [1.82, 2.24) is 14.1 Å². The minimum atomic E-state index is -3.56. The molecule has 7 nitrogen and oxygen atoms in total. The fourth-order valence-electron chi connectivity index (χ4n) is 1.98. The molecule has 2 heterocycles. The topological polar surface area (TPSA) is 84.7 Å².